The Morgan fingerprint density at radius 2 is 0.682 bits per heavy atom. The fraction of sp³-hybridized carbons (Fsp3) is 0.926. The Kier molecular flexibility index (Phi) is 94.1. The van der Waals surface area contributed by atoms with Crippen LogP contribution in [0.3, 0.4) is 0 Å². The first-order valence-corrected chi connectivity index (χ1v) is 55.4. The minimum Gasteiger partial charge on any atom is -0.466 e. The van der Waals surface area contributed by atoms with Gasteiger partial charge in [-0.05, 0) is 168 Å². The van der Waals surface area contributed by atoms with Gasteiger partial charge in [0.1, 0.15) is 6.61 Å². The predicted molar refractivity (Wildman–Crippen MR) is 544 cm³/mol. The van der Waals surface area contributed by atoms with Crippen LogP contribution in [0.15, 0.2) is 27.5 Å². The molecule has 12 N–H and O–H groups in total. The van der Waals surface area contributed by atoms with Crippen LogP contribution in [0.5, 0.6) is 0 Å². The molecule has 756 valence electrons. The molecule has 48 heteroatoms. The van der Waals surface area contributed by atoms with Crippen molar-refractivity contribution in [2.45, 2.75) is 423 Å². The Morgan fingerprint density at radius 1 is 0.364 bits per heavy atom. The van der Waals surface area contributed by atoms with Crippen LogP contribution in [0, 0.1) is 34.9 Å². The first-order valence-electron chi connectivity index (χ1n) is 45.3. The molecule has 3 amide bonds. The molecule has 0 aromatic heterocycles. The number of nitrogens with zero attached hydrogens (tertiary/aromatic N) is 9. The fourth-order valence-electron chi connectivity index (χ4n) is 14.5. The first kappa shape index (κ1) is 131. The highest BCUT2D eigenvalue weighted by Gasteiger charge is 2.34. The van der Waals surface area contributed by atoms with Gasteiger partial charge in [-0.1, -0.05) is 164 Å². The Balaban J connectivity index is -0.00000148. The molecule has 0 radical (unpaired) electrons. The molecule has 10 unspecified atom stereocenters. The molecule has 0 saturated carbocycles. The van der Waals surface area contributed by atoms with Gasteiger partial charge in [-0.3, -0.25) is 28.8 Å². The highest BCUT2D eigenvalue weighted by Crippen LogP contribution is 2.39. The van der Waals surface area contributed by atoms with Crippen molar-refractivity contribution in [3.63, 3.8) is 0 Å². The molecule has 3 aliphatic rings. The lowest BCUT2D eigenvalue weighted by Gasteiger charge is -2.34. The van der Waals surface area contributed by atoms with Crippen LogP contribution >= 0.6 is 144 Å². The molecule has 129 heavy (non-hydrogen) atoms. The molecule has 0 aromatic rings. The molecule has 3 rings (SSSR count). The number of ether oxygens (including phenoxy) is 3. The van der Waals surface area contributed by atoms with E-state index in [0.717, 1.165) is 263 Å². The maximum atomic E-state index is 12.3. The number of amides is 3. The lowest BCUT2D eigenvalue weighted by Crippen LogP contribution is -2.45. The molecular formula is C81H159N15O21S12. The third-order valence-corrected chi connectivity index (χ3v) is 30.5. The van der Waals surface area contributed by atoms with E-state index in [2.05, 4.69) is 118 Å². The molecule has 0 bridgehead atoms. The summed E-state index contributed by atoms with van der Waals surface area (Å²) in [5.74, 6) is 32.4. The van der Waals surface area contributed by atoms with E-state index in [0.29, 0.717) is 92.4 Å². The van der Waals surface area contributed by atoms with Gasteiger partial charge in [0.25, 0.3) is 19.4 Å². The zero-order chi connectivity index (χ0) is 96.7. The summed E-state index contributed by atoms with van der Waals surface area (Å²) >= 11 is 13.9. The minimum atomic E-state index is -0.417. The summed E-state index contributed by atoms with van der Waals surface area (Å²) in [7, 11) is 0. The second-order valence-electron chi connectivity index (χ2n) is 33.5. The summed E-state index contributed by atoms with van der Waals surface area (Å²) in [6, 6.07) is 0.0126. The number of carbonyl (C=O) groups excluding carboxylic acids is 6. The van der Waals surface area contributed by atoms with Crippen molar-refractivity contribution in [2.75, 3.05) is 43.5 Å². The molecule has 10 atom stereocenters. The van der Waals surface area contributed by atoms with Crippen molar-refractivity contribution in [3.8, 4) is 0 Å². The second-order valence-corrected chi connectivity index (χ2v) is 46.1. The maximum absolute atomic E-state index is 12.3. The number of unbranched alkanes of at least 4 members (excludes halogenated alkanes) is 16. The molecular weight excluding hydrogens is 1900 g/mol. The molecule has 0 spiro atoms. The largest absolute Gasteiger partial charge is 0.466 e. The van der Waals surface area contributed by atoms with Crippen molar-refractivity contribution in [1.29, 1.82) is 0 Å². The van der Waals surface area contributed by atoms with Crippen LogP contribution in [-0.2, 0) is 68.7 Å². The van der Waals surface area contributed by atoms with Gasteiger partial charge >= 0.3 is 0 Å². The van der Waals surface area contributed by atoms with Crippen LogP contribution in [0.25, 0.3) is 0 Å². The van der Waals surface area contributed by atoms with Crippen molar-refractivity contribution in [1.82, 2.24) is 14.7 Å². The van der Waals surface area contributed by atoms with Gasteiger partial charge in [-0.15, -0.1) is 29.4 Å². The van der Waals surface area contributed by atoms with Crippen LogP contribution in [0.2, 0.25) is 0 Å². The third-order valence-electron chi connectivity index (χ3n) is 21.2. The SMILES string of the molecule is CCCCCC(CC(C)(C)SON)SN=O.CCCCCCCCC(CCC(SON)C(C)(C)C)SN=O.CCCCCCCCCC(CC(C)(C)SON)SN=O.NOSCCC(CCCCC(=O)N1CCCC1COC=O)SN=O.NOSCCC(CCCCC(=O)N1CCCC1OC=O)SN=O.NOSCCC(CCCCC(=O)N1CCCCC1OC=O)SN=O. The minimum absolute atomic E-state index is 0.0126. The first-order chi connectivity index (χ1) is 62.2. The van der Waals surface area contributed by atoms with E-state index in [4.69, 9.17) is 53.9 Å². The number of hydrogen-bond donors (Lipinski definition) is 6. The normalized spacial score (nSPS) is 16.6. The average Bonchev–Trinajstić information content (AvgIpc) is 1.24. The molecule has 3 fully saturated rings. The Morgan fingerprint density at radius 3 is 1.04 bits per heavy atom. The topological polar surface area (TPSA) is 528 Å². The van der Waals surface area contributed by atoms with Crippen molar-refractivity contribution in [3.05, 3.63) is 29.4 Å². The average molecular weight is 2060 g/mol. The zero-order valence-corrected chi connectivity index (χ0v) is 88.0. The summed E-state index contributed by atoms with van der Waals surface area (Å²) in [6.45, 7) is 25.0. The number of likely N-dealkylation sites (tertiary alicyclic amines) is 3. The quantitative estimate of drug-likeness (QED) is 0.00626. The second kappa shape index (κ2) is 92.5. The molecule has 36 nitrogen and oxygen atoms in total. The number of hydrogen-bond acceptors (Lipinski definition) is 45. The highest BCUT2D eigenvalue weighted by atomic mass is 32.2. The Bertz CT molecular complexity index is 2760. The van der Waals surface area contributed by atoms with Gasteiger partial charge in [0.2, 0.25) is 17.7 Å². The summed E-state index contributed by atoms with van der Waals surface area (Å²) in [5.41, 5.74) is 0.133. The number of rotatable bonds is 78. The third kappa shape index (κ3) is 76.8. The summed E-state index contributed by atoms with van der Waals surface area (Å²) in [5, 5.41) is 1.54. The molecule has 3 saturated heterocycles. The number of nitroso groups, excluding NO2 is 6. The Hall–Kier alpha value is -1.86. The van der Waals surface area contributed by atoms with E-state index in [1.807, 2.05) is 4.90 Å². The van der Waals surface area contributed by atoms with E-state index in [9.17, 15) is 58.2 Å². The van der Waals surface area contributed by atoms with Gasteiger partial charge in [0.05, 0.1) is 6.04 Å². The fourth-order valence-corrected chi connectivity index (χ4v) is 22.5. The van der Waals surface area contributed by atoms with Gasteiger partial charge in [0, 0.05) is 287 Å². The van der Waals surface area contributed by atoms with E-state index >= 15 is 0 Å². The number of nitrogens with two attached hydrogens (primary N) is 6. The van der Waals surface area contributed by atoms with Crippen molar-refractivity contribution in [2.24, 2.45) is 68.3 Å². The van der Waals surface area contributed by atoms with Crippen molar-refractivity contribution < 1.29 is 68.7 Å². The molecule has 3 heterocycles. The standard InChI is InChI=1S/C16H34N2O2S2.2C14H25N3O5S2.C14H30N2O2S2.C13H23N3O5S2.C10H22N2O2S2/c1-5-6-7-8-9-10-11-14(21-18-19)12-13-15(22-20-17)16(2,3)4;15-22-23-9-7-13(24-16-20)5-1-2-6-14(19)17-8-3-4-12(17)10-21-11-18;15-22-23-10-8-12(24-16-20)5-1-2-6-13(19)17-9-4-3-7-14(17)21-11-18;1-4-5-6-7-8-9-10-11-13(19-16-17)12-14(2,3)20-18-15;14-21-22-9-7-11(23-15-19)4-1-2-5-12(18)16-8-3-6-13(16)20-10-17;1-4-5-6-7-9(15-12-13)8-10(2,3)16-14-11/h14-15H,5-13,17H2,1-4H3;11-13H,1-10,15H2;11-12,14H,1-10,15H2;13H,4-12,15H2,1-3H3;10-11,13H,1-9,14H2;9H,4-8,11H2,1-3H3. The highest BCUT2D eigenvalue weighted by molar-refractivity contribution is 8.00. The molecule has 0 aliphatic carbocycles. The van der Waals surface area contributed by atoms with Gasteiger partial charge in [-0.2, -0.15) is 0 Å². The van der Waals surface area contributed by atoms with E-state index in [-0.39, 0.29) is 71.5 Å². The maximum Gasteiger partial charge on any atom is 0.295 e. The molecule has 0 aromatic carbocycles. The number of carbonyl (C=O) groups is 6. The smallest absolute Gasteiger partial charge is 0.295 e. The van der Waals surface area contributed by atoms with E-state index in [1.165, 1.54) is 144 Å². The zero-order valence-electron chi connectivity index (χ0n) is 78.2. The molecule has 3 aliphatic heterocycles. The number of piperidine rings is 1. The van der Waals surface area contributed by atoms with E-state index < -0.39 is 12.5 Å². The monoisotopic (exact) mass is 2060 g/mol. The summed E-state index contributed by atoms with van der Waals surface area (Å²) < 4.78 is 59.6. The van der Waals surface area contributed by atoms with Gasteiger partial charge < -0.3 is 28.9 Å². The van der Waals surface area contributed by atoms with Crippen LogP contribution in [0.4, 0.5) is 0 Å². The van der Waals surface area contributed by atoms with Crippen LogP contribution in [-0.4, -0.2) is 160 Å². The van der Waals surface area contributed by atoms with Gasteiger partial charge in [0.15, 0.2) is 12.5 Å². The lowest BCUT2D eigenvalue weighted by atomic mass is 9.88. The predicted octanol–water partition coefficient (Wildman–Crippen LogP) is 23.5. The van der Waals surface area contributed by atoms with Gasteiger partial charge in [-0.25, -0.2) is 61.1 Å². The van der Waals surface area contributed by atoms with Crippen LogP contribution < -0.4 is 35.4 Å². The van der Waals surface area contributed by atoms with E-state index in [1.54, 1.807) is 9.80 Å². The Labute approximate surface area is 822 Å². The summed E-state index contributed by atoms with van der Waals surface area (Å²) in [4.78, 5) is 136. The van der Waals surface area contributed by atoms with Crippen LogP contribution in [0.1, 0.15) is 358 Å². The summed E-state index contributed by atoms with van der Waals surface area (Å²) in [6.07, 6.45) is 43.2. The lowest BCUT2D eigenvalue weighted by molar-refractivity contribution is -0.158. The van der Waals surface area contributed by atoms with Crippen molar-refractivity contribution >= 4 is 181 Å².